The number of esters is 2. The zero-order valence-electron chi connectivity index (χ0n) is 11.9. The maximum Gasteiger partial charge on any atom is 0.331 e. The van der Waals surface area contributed by atoms with Gasteiger partial charge in [0.05, 0.1) is 6.33 Å². The van der Waals surface area contributed by atoms with Crippen molar-refractivity contribution in [3.8, 4) is 0 Å². The standard InChI is InChI=1S/C7H7FO4.C7H8O4/c8-4-1-5-12-7(11)3-2-6(9)10;1-2-5-11-7(10)4-3-6(8)9/h1-4H,5H2,(H,9,10);2-4H,1,5H2,(H,8,9). The van der Waals surface area contributed by atoms with Crippen molar-refractivity contribution in [1.82, 2.24) is 0 Å². The largest absolute Gasteiger partial charge is 0.478 e. The van der Waals surface area contributed by atoms with Gasteiger partial charge in [0.1, 0.15) is 13.2 Å². The van der Waals surface area contributed by atoms with Crippen LogP contribution >= 0.6 is 0 Å². The molecule has 0 aliphatic carbocycles. The van der Waals surface area contributed by atoms with E-state index in [1.165, 1.54) is 6.08 Å². The molecule has 0 unspecified atom stereocenters. The van der Waals surface area contributed by atoms with Gasteiger partial charge in [0.2, 0.25) is 0 Å². The molecule has 0 saturated carbocycles. The number of aliphatic carboxylic acids is 2. The molecule has 0 heterocycles. The molecule has 0 rings (SSSR count). The lowest BCUT2D eigenvalue weighted by molar-refractivity contribution is -0.138. The van der Waals surface area contributed by atoms with Gasteiger partial charge in [-0.1, -0.05) is 12.7 Å². The quantitative estimate of drug-likeness (QED) is 0.383. The summed E-state index contributed by atoms with van der Waals surface area (Å²) in [5.41, 5.74) is 0. The zero-order chi connectivity index (χ0) is 18.1. The molecule has 0 amide bonds. The monoisotopic (exact) mass is 330 g/mol. The van der Waals surface area contributed by atoms with Gasteiger partial charge in [0.15, 0.2) is 0 Å². The fourth-order valence-corrected chi connectivity index (χ4v) is 0.683. The van der Waals surface area contributed by atoms with Crippen LogP contribution in [0.5, 0.6) is 0 Å². The van der Waals surface area contributed by atoms with Crippen molar-refractivity contribution in [3.63, 3.8) is 0 Å². The third-order valence-corrected chi connectivity index (χ3v) is 1.48. The van der Waals surface area contributed by atoms with Gasteiger partial charge in [-0.15, -0.1) is 0 Å². The minimum Gasteiger partial charge on any atom is -0.478 e. The number of ether oxygens (including phenoxy) is 2. The molecule has 0 fully saturated rings. The van der Waals surface area contributed by atoms with E-state index in [1.54, 1.807) is 0 Å². The van der Waals surface area contributed by atoms with Crippen LogP contribution in [0.15, 0.2) is 49.4 Å². The van der Waals surface area contributed by atoms with Crippen molar-refractivity contribution in [2.24, 2.45) is 0 Å². The summed E-state index contributed by atoms with van der Waals surface area (Å²) >= 11 is 0. The highest BCUT2D eigenvalue weighted by Crippen LogP contribution is 1.84. The Balaban J connectivity index is 0. The highest BCUT2D eigenvalue weighted by Gasteiger charge is 1.95. The molecule has 0 aromatic heterocycles. The van der Waals surface area contributed by atoms with Gasteiger partial charge in [-0.3, -0.25) is 0 Å². The molecule has 0 atom stereocenters. The van der Waals surface area contributed by atoms with Gasteiger partial charge in [0.25, 0.3) is 0 Å². The van der Waals surface area contributed by atoms with E-state index in [9.17, 15) is 23.6 Å². The van der Waals surface area contributed by atoms with Crippen molar-refractivity contribution in [1.29, 1.82) is 0 Å². The Labute approximate surface area is 130 Å². The molecular weight excluding hydrogens is 315 g/mol. The van der Waals surface area contributed by atoms with E-state index >= 15 is 0 Å². The molecule has 0 aliphatic heterocycles. The maximum absolute atomic E-state index is 11.3. The Morgan fingerprint density at radius 2 is 1.30 bits per heavy atom. The van der Waals surface area contributed by atoms with Crippen LogP contribution in [-0.4, -0.2) is 47.3 Å². The summed E-state index contributed by atoms with van der Waals surface area (Å²) in [5, 5.41) is 16.1. The molecule has 9 heteroatoms. The molecule has 0 aliphatic rings. The van der Waals surface area contributed by atoms with Gasteiger partial charge in [-0.2, -0.15) is 0 Å². The van der Waals surface area contributed by atoms with E-state index in [1.807, 2.05) is 0 Å². The first kappa shape index (κ1) is 22.1. The first-order chi connectivity index (χ1) is 10.8. The minimum absolute atomic E-state index is 0.0861. The third kappa shape index (κ3) is 21.2. The van der Waals surface area contributed by atoms with Crippen LogP contribution < -0.4 is 0 Å². The Morgan fingerprint density at radius 3 is 1.65 bits per heavy atom. The summed E-state index contributed by atoms with van der Waals surface area (Å²) in [6.07, 6.45) is 5.54. The third-order valence-electron chi connectivity index (χ3n) is 1.48. The van der Waals surface area contributed by atoms with Crippen LogP contribution in [0, 0.1) is 0 Å². The lowest BCUT2D eigenvalue weighted by Crippen LogP contribution is -2.01. The number of rotatable bonds is 8. The summed E-state index contributed by atoms with van der Waals surface area (Å²) < 4.78 is 20.0. The van der Waals surface area contributed by atoms with Gasteiger partial charge in [-0.05, 0) is 6.08 Å². The van der Waals surface area contributed by atoms with E-state index < -0.39 is 23.9 Å². The van der Waals surface area contributed by atoms with E-state index in [0.717, 1.165) is 18.2 Å². The second-order valence-electron chi connectivity index (χ2n) is 3.25. The fourth-order valence-electron chi connectivity index (χ4n) is 0.683. The van der Waals surface area contributed by atoms with Crippen molar-refractivity contribution < 1.29 is 43.3 Å². The second-order valence-corrected chi connectivity index (χ2v) is 3.25. The van der Waals surface area contributed by atoms with Crippen LogP contribution in [-0.2, 0) is 28.7 Å². The lowest BCUT2D eigenvalue weighted by Gasteiger charge is -1.93. The van der Waals surface area contributed by atoms with Crippen LogP contribution in [0.2, 0.25) is 0 Å². The van der Waals surface area contributed by atoms with Crippen LogP contribution in [0.4, 0.5) is 4.39 Å². The number of carbonyl (C=O) groups is 4. The van der Waals surface area contributed by atoms with E-state index in [2.05, 4.69) is 16.1 Å². The molecule has 0 bridgehead atoms. The summed E-state index contributed by atoms with van der Waals surface area (Å²) in [4.78, 5) is 40.7. The Morgan fingerprint density at radius 1 is 0.870 bits per heavy atom. The molecular formula is C14H15FO8. The van der Waals surface area contributed by atoms with Crippen molar-refractivity contribution >= 4 is 23.9 Å². The SMILES string of the molecule is C=CCOC(=O)C=CC(=O)O.O=C(O)C=CC(=O)OCC=CF. The maximum atomic E-state index is 11.3. The van der Waals surface area contributed by atoms with Gasteiger partial charge in [0, 0.05) is 24.3 Å². The number of hydrogen-bond acceptors (Lipinski definition) is 6. The zero-order valence-corrected chi connectivity index (χ0v) is 11.9. The minimum atomic E-state index is -1.24. The normalized spacial score (nSPS) is 10.1. The summed E-state index contributed by atoms with van der Waals surface area (Å²) in [6.45, 7) is 3.19. The molecule has 8 nitrogen and oxygen atoms in total. The Kier molecular flexibility index (Phi) is 14.5. The molecule has 2 N–H and O–H groups in total. The molecule has 0 aromatic carbocycles. The number of halogens is 1. The van der Waals surface area contributed by atoms with E-state index in [0.29, 0.717) is 12.2 Å². The van der Waals surface area contributed by atoms with E-state index in [4.69, 9.17) is 10.2 Å². The predicted molar refractivity (Wildman–Crippen MR) is 75.9 cm³/mol. The first-order valence-electron chi connectivity index (χ1n) is 5.85. The number of carboxylic acid groups (broad SMARTS) is 2. The second kappa shape index (κ2) is 15.2. The predicted octanol–water partition coefficient (Wildman–Crippen LogP) is 1.01. The Bertz CT molecular complexity index is 505. The summed E-state index contributed by atoms with van der Waals surface area (Å²) in [7, 11) is 0. The molecule has 0 aromatic rings. The number of carboxylic acids is 2. The highest BCUT2D eigenvalue weighted by atomic mass is 19.1. The summed E-state index contributed by atoms with van der Waals surface area (Å²) in [6, 6.07) is 0. The molecule has 0 spiro atoms. The smallest absolute Gasteiger partial charge is 0.331 e. The van der Waals surface area contributed by atoms with E-state index in [-0.39, 0.29) is 19.5 Å². The highest BCUT2D eigenvalue weighted by molar-refractivity contribution is 5.91. The Hall–Kier alpha value is -3.23. The summed E-state index contributed by atoms with van der Waals surface area (Å²) in [5.74, 6) is -3.93. The van der Waals surface area contributed by atoms with Gasteiger partial charge in [-0.25, -0.2) is 23.6 Å². The van der Waals surface area contributed by atoms with Crippen molar-refractivity contribution in [2.45, 2.75) is 0 Å². The average Bonchev–Trinajstić information content (AvgIpc) is 2.49. The first-order valence-corrected chi connectivity index (χ1v) is 5.85. The average molecular weight is 330 g/mol. The lowest BCUT2D eigenvalue weighted by atomic mass is 10.5. The van der Waals surface area contributed by atoms with Gasteiger partial charge < -0.3 is 19.7 Å². The van der Waals surface area contributed by atoms with Crippen molar-refractivity contribution in [3.05, 3.63) is 49.4 Å². The number of hydrogen-bond donors (Lipinski definition) is 2. The van der Waals surface area contributed by atoms with Crippen LogP contribution in [0.1, 0.15) is 0 Å². The molecule has 0 saturated heterocycles. The topological polar surface area (TPSA) is 127 Å². The molecule has 126 valence electrons. The fraction of sp³-hybridized carbons (Fsp3) is 0.143. The number of carbonyl (C=O) groups excluding carboxylic acids is 2. The van der Waals surface area contributed by atoms with Crippen LogP contribution in [0.25, 0.3) is 0 Å². The van der Waals surface area contributed by atoms with Crippen LogP contribution in [0.3, 0.4) is 0 Å². The molecule has 23 heavy (non-hydrogen) atoms. The van der Waals surface area contributed by atoms with Gasteiger partial charge >= 0.3 is 23.9 Å². The molecule has 0 radical (unpaired) electrons. The van der Waals surface area contributed by atoms with Crippen molar-refractivity contribution in [2.75, 3.05) is 13.2 Å².